The lowest BCUT2D eigenvalue weighted by Crippen LogP contribution is -2.62. The second-order valence-electron chi connectivity index (χ2n) is 7.89. The van der Waals surface area contributed by atoms with Crippen LogP contribution in [0.2, 0.25) is 0 Å². The van der Waals surface area contributed by atoms with E-state index in [-0.39, 0.29) is 26.4 Å². The number of hydrogen-bond acceptors (Lipinski definition) is 7. The molecule has 2 rings (SSSR count). The highest BCUT2D eigenvalue weighted by Gasteiger charge is 2.39. The number of benzene rings is 1. The molecule has 1 heterocycles. The fraction of sp³-hybridized carbons (Fsp3) is 0.600. The van der Waals surface area contributed by atoms with Crippen LogP contribution in [-0.2, 0) is 25.6 Å². The van der Waals surface area contributed by atoms with E-state index >= 15 is 0 Å². The molecular weight excluding hydrogens is 380 g/mol. The summed E-state index contributed by atoms with van der Waals surface area (Å²) in [6.07, 6.45) is -1.35. The third kappa shape index (κ3) is 8.26. The van der Waals surface area contributed by atoms with E-state index in [1.54, 1.807) is 20.8 Å². The standard InChI is InChI=1S/C20H30N2O7/c1-19(2,3)29-18(25)22-20(12-23)13-27-16(28-14-20)9-10-21-17(24)26-11-15-7-5-4-6-8-15/h4-8,16,23H,9-14H2,1-3H3,(H,21,24)(H,22,25). The summed E-state index contributed by atoms with van der Waals surface area (Å²) in [6, 6.07) is 9.38. The maximum absolute atomic E-state index is 12.0. The first-order valence-electron chi connectivity index (χ1n) is 9.51. The Labute approximate surface area is 170 Å². The number of amides is 2. The van der Waals surface area contributed by atoms with E-state index in [0.717, 1.165) is 5.56 Å². The third-order valence-electron chi connectivity index (χ3n) is 4.02. The molecule has 0 spiro atoms. The largest absolute Gasteiger partial charge is 0.445 e. The molecule has 0 aromatic heterocycles. The van der Waals surface area contributed by atoms with Crippen molar-refractivity contribution in [1.82, 2.24) is 10.6 Å². The van der Waals surface area contributed by atoms with Crippen LogP contribution < -0.4 is 10.6 Å². The van der Waals surface area contributed by atoms with Crippen molar-refractivity contribution in [3.05, 3.63) is 35.9 Å². The lowest BCUT2D eigenvalue weighted by Gasteiger charge is -2.39. The van der Waals surface area contributed by atoms with Gasteiger partial charge in [-0.05, 0) is 26.3 Å². The zero-order valence-corrected chi connectivity index (χ0v) is 17.1. The zero-order valence-electron chi connectivity index (χ0n) is 17.1. The molecule has 1 aliphatic rings. The van der Waals surface area contributed by atoms with E-state index in [4.69, 9.17) is 18.9 Å². The molecule has 1 aromatic carbocycles. The van der Waals surface area contributed by atoms with E-state index in [1.165, 1.54) is 0 Å². The minimum Gasteiger partial charge on any atom is -0.445 e. The highest BCUT2D eigenvalue weighted by molar-refractivity contribution is 5.69. The van der Waals surface area contributed by atoms with Gasteiger partial charge in [0.15, 0.2) is 6.29 Å². The van der Waals surface area contributed by atoms with Crippen LogP contribution in [0.3, 0.4) is 0 Å². The molecule has 3 N–H and O–H groups in total. The lowest BCUT2D eigenvalue weighted by atomic mass is 10.0. The van der Waals surface area contributed by atoms with Crippen LogP contribution in [0.15, 0.2) is 30.3 Å². The number of aliphatic hydroxyl groups is 1. The molecule has 0 aliphatic carbocycles. The number of ether oxygens (including phenoxy) is 4. The van der Waals surface area contributed by atoms with Crippen molar-refractivity contribution in [3.8, 4) is 0 Å². The smallest absolute Gasteiger partial charge is 0.408 e. The molecule has 0 atom stereocenters. The van der Waals surface area contributed by atoms with Crippen LogP contribution in [0.25, 0.3) is 0 Å². The fourth-order valence-corrected chi connectivity index (χ4v) is 2.55. The molecule has 1 aromatic rings. The number of hydrogen-bond donors (Lipinski definition) is 3. The molecule has 9 heteroatoms. The Bertz CT molecular complexity index is 653. The molecule has 0 unspecified atom stereocenters. The number of carbonyl (C=O) groups is 2. The SMILES string of the molecule is CC(C)(C)OC(=O)NC1(CO)COC(CCNC(=O)OCc2ccccc2)OC1. The van der Waals surface area contributed by atoms with Crippen LogP contribution in [0.4, 0.5) is 9.59 Å². The van der Waals surface area contributed by atoms with Crippen LogP contribution in [0, 0.1) is 0 Å². The van der Waals surface area contributed by atoms with Crippen molar-refractivity contribution in [1.29, 1.82) is 0 Å². The Balaban J connectivity index is 1.66. The van der Waals surface area contributed by atoms with Crippen LogP contribution in [0.5, 0.6) is 0 Å². The summed E-state index contributed by atoms with van der Waals surface area (Å²) in [7, 11) is 0. The number of aliphatic hydroxyl groups excluding tert-OH is 1. The molecule has 0 bridgehead atoms. The van der Waals surface area contributed by atoms with Crippen LogP contribution in [-0.4, -0.2) is 61.1 Å². The maximum atomic E-state index is 12.0. The Morgan fingerprint density at radius 1 is 1.17 bits per heavy atom. The van der Waals surface area contributed by atoms with Gasteiger partial charge in [-0.3, -0.25) is 0 Å². The topological polar surface area (TPSA) is 115 Å². The van der Waals surface area contributed by atoms with Gasteiger partial charge in [0.25, 0.3) is 0 Å². The van der Waals surface area contributed by atoms with Crippen molar-refractivity contribution in [3.63, 3.8) is 0 Å². The van der Waals surface area contributed by atoms with E-state index in [9.17, 15) is 14.7 Å². The monoisotopic (exact) mass is 410 g/mol. The first-order valence-corrected chi connectivity index (χ1v) is 9.51. The predicted octanol–water partition coefficient (Wildman–Crippen LogP) is 1.93. The Morgan fingerprint density at radius 3 is 2.41 bits per heavy atom. The first-order chi connectivity index (χ1) is 13.7. The predicted molar refractivity (Wildman–Crippen MR) is 104 cm³/mol. The lowest BCUT2D eigenvalue weighted by molar-refractivity contribution is -0.218. The molecule has 0 radical (unpaired) electrons. The summed E-state index contributed by atoms with van der Waals surface area (Å²) < 4.78 is 21.5. The average molecular weight is 410 g/mol. The van der Waals surface area contributed by atoms with Crippen molar-refractivity contribution in [2.75, 3.05) is 26.4 Å². The van der Waals surface area contributed by atoms with Gasteiger partial charge < -0.3 is 34.7 Å². The normalized spacial score (nSPS) is 21.9. The molecule has 1 saturated heterocycles. The molecule has 1 aliphatic heterocycles. The quantitative estimate of drug-likeness (QED) is 0.629. The Hall–Kier alpha value is -2.36. The maximum Gasteiger partial charge on any atom is 0.408 e. The van der Waals surface area contributed by atoms with Crippen LogP contribution in [0.1, 0.15) is 32.8 Å². The van der Waals surface area contributed by atoms with Crippen molar-refractivity contribution >= 4 is 12.2 Å². The summed E-state index contributed by atoms with van der Waals surface area (Å²) in [5.74, 6) is 0. The number of carbonyl (C=O) groups excluding carboxylic acids is 2. The van der Waals surface area contributed by atoms with Crippen molar-refractivity contribution in [2.45, 2.75) is 51.2 Å². The Morgan fingerprint density at radius 2 is 1.83 bits per heavy atom. The van der Waals surface area contributed by atoms with Gasteiger partial charge in [0.1, 0.15) is 17.7 Å². The average Bonchev–Trinajstić information content (AvgIpc) is 2.67. The van der Waals surface area contributed by atoms with E-state index in [0.29, 0.717) is 13.0 Å². The number of rotatable bonds is 7. The molecule has 1 fully saturated rings. The molecule has 0 saturated carbocycles. The van der Waals surface area contributed by atoms with Gasteiger partial charge in [0, 0.05) is 13.0 Å². The highest BCUT2D eigenvalue weighted by atomic mass is 16.7. The van der Waals surface area contributed by atoms with E-state index < -0.39 is 29.6 Å². The van der Waals surface area contributed by atoms with Gasteiger partial charge in [-0.15, -0.1) is 0 Å². The second-order valence-corrected chi connectivity index (χ2v) is 7.89. The summed E-state index contributed by atoms with van der Waals surface area (Å²) in [5.41, 5.74) is -0.819. The Kier molecular flexibility index (Phi) is 8.24. The first kappa shape index (κ1) is 22.9. The number of nitrogens with one attached hydrogen (secondary N) is 2. The van der Waals surface area contributed by atoms with Gasteiger partial charge in [-0.2, -0.15) is 0 Å². The summed E-state index contributed by atoms with van der Waals surface area (Å²) in [6.45, 7) is 5.50. The van der Waals surface area contributed by atoms with Gasteiger partial charge >= 0.3 is 12.2 Å². The van der Waals surface area contributed by atoms with Gasteiger partial charge in [-0.25, -0.2) is 9.59 Å². The summed E-state index contributed by atoms with van der Waals surface area (Å²) in [4.78, 5) is 23.7. The highest BCUT2D eigenvalue weighted by Crippen LogP contribution is 2.18. The zero-order chi connectivity index (χ0) is 21.3. The van der Waals surface area contributed by atoms with Crippen LogP contribution >= 0.6 is 0 Å². The molecule has 162 valence electrons. The minimum absolute atomic E-state index is 0.0614. The minimum atomic E-state index is -1.07. The van der Waals surface area contributed by atoms with Gasteiger partial charge in [0.2, 0.25) is 0 Å². The molecule has 9 nitrogen and oxygen atoms in total. The summed E-state index contributed by atoms with van der Waals surface area (Å²) in [5, 5.41) is 14.9. The molecule has 29 heavy (non-hydrogen) atoms. The molecular formula is C20H30N2O7. The third-order valence-corrected chi connectivity index (χ3v) is 4.02. The van der Waals surface area contributed by atoms with Crippen molar-refractivity contribution in [2.24, 2.45) is 0 Å². The van der Waals surface area contributed by atoms with Gasteiger partial charge in [-0.1, -0.05) is 30.3 Å². The van der Waals surface area contributed by atoms with E-state index in [2.05, 4.69) is 10.6 Å². The summed E-state index contributed by atoms with van der Waals surface area (Å²) >= 11 is 0. The van der Waals surface area contributed by atoms with E-state index in [1.807, 2.05) is 30.3 Å². The van der Waals surface area contributed by atoms with Crippen molar-refractivity contribution < 1.29 is 33.6 Å². The second kappa shape index (κ2) is 10.4. The van der Waals surface area contributed by atoms with Gasteiger partial charge in [0.05, 0.1) is 19.8 Å². The molecule has 2 amide bonds. The fourth-order valence-electron chi connectivity index (χ4n) is 2.55. The number of alkyl carbamates (subject to hydrolysis) is 2.